The van der Waals surface area contributed by atoms with Gasteiger partial charge >= 0.3 is 6.16 Å². The Hall–Kier alpha value is -1.97. The molecule has 0 aliphatic heterocycles. The summed E-state index contributed by atoms with van der Waals surface area (Å²) in [7, 11) is 1.52. The van der Waals surface area contributed by atoms with E-state index in [4.69, 9.17) is 14.2 Å². The molecule has 0 aliphatic carbocycles. The van der Waals surface area contributed by atoms with Gasteiger partial charge < -0.3 is 14.2 Å². The molecule has 0 saturated heterocycles. The van der Waals surface area contributed by atoms with Gasteiger partial charge in [0.15, 0.2) is 11.5 Å². The summed E-state index contributed by atoms with van der Waals surface area (Å²) in [6, 6.07) is 5.39. The highest BCUT2D eigenvalue weighted by Crippen LogP contribution is 2.28. The van der Waals surface area contributed by atoms with Crippen molar-refractivity contribution in [1.82, 2.24) is 0 Å². The van der Waals surface area contributed by atoms with Gasteiger partial charge in [0.1, 0.15) is 6.61 Å². The standard InChI is InChI=1S/C13H16O4/c1-4-8-16-13(14)17-11-7-6-10(5-2)9-12(11)15-3/h4,6-7,9H,1,5,8H2,2-3H3. The van der Waals surface area contributed by atoms with Crippen LogP contribution < -0.4 is 9.47 Å². The maximum absolute atomic E-state index is 11.2. The number of carbonyl (C=O) groups is 1. The van der Waals surface area contributed by atoms with Crippen molar-refractivity contribution in [1.29, 1.82) is 0 Å². The molecular weight excluding hydrogens is 220 g/mol. The molecule has 0 saturated carbocycles. The molecule has 4 nitrogen and oxygen atoms in total. The Morgan fingerprint density at radius 1 is 1.41 bits per heavy atom. The van der Waals surface area contributed by atoms with Crippen LogP contribution in [-0.4, -0.2) is 19.9 Å². The van der Waals surface area contributed by atoms with Crippen LogP contribution in [0.2, 0.25) is 0 Å². The minimum atomic E-state index is -0.771. The van der Waals surface area contributed by atoms with Gasteiger partial charge in [0.05, 0.1) is 7.11 Å². The second-order valence-corrected chi connectivity index (χ2v) is 3.29. The molecule has 1 aromatic rings. The Balaban J connectivity index is 2.76. The lowest BCUT2D eigenvalue weighted by atomic mass is 10.1. The Labute approximate surface area is 101 Å². The minimum Gasteiger partial charge on any atom is -0.493 e. The molecule has 92 valence electrons. The van der Waals surface area contributed by atoms with Crippen molar-refractivity contribution >= 4 is 6.16 Å². The smallest absolute Gasteiger partial charge is 0.493 e. The fourth-order valence-electron chi connectivity index (χ4n) is 1.26. The van der Waals surface area contributed by atoms with Crippen molar-refractivity contribution in [3.8, 4) is 11.5 Å². The summed E-state index contributed by atoms with van der Waals surface area (Å²) in [4.78, 5) is 11.2. The largest absolute Gasteiger partial charge is 0.514 e. The summed E-state index contributed by atoms with van der Waals surface area (Å²) in [5, 5.41) is 0. The molecule has 0 spiro atoms. The van der Waals surface area contributed by atoms with Crippen LogP contribution >= 0.6 is 0 Å². The molecule has 0 heterocycles. The Morgan fingerprint density at radius 3 is 2.76 bits per heavy atom. The van der Waals surface area contributed by atoms with Crippen LogP contribution in [0.3, 0.4) is 0 Å². The number of benzene rings is 1. The van der Waals surface area contributed by atoms with Crippen LogP contribution in [0.1, 0.15) is 12.5 Å². The van der Waals surface area contributed by atoms with Crippen LogP contribution in [0.4, 0.5) is 4.79 Å². The Morgan fingerprint density at radius 2 is 2.18 bits per heavy atom. The van der Waals surface area contributed by atoms with Gasteiger partial charge in [-0.2, -0.15) is 0 Å². The molecule has 0 bridgehead atoms. The zero-order valence-electron chi connectivity index (χ0n) is 10.1. The van der Waals surface area contributed by atoms with Crippen LogP contribution in [0.25, 0.3) is 0 Å². The van der Waals surface area contributed by atoms with E-state index in [1.807, 2.05) is 19.1 Å². The van der Waals surface area contributed by atoms with E-state index in [0.717, 1.165) is 12.0 Å². The zero-order chi connectivity index (χ0) is 12.7. The van der Waals surface area contributed by atoms with E-state index in [2.05, 4.69) is 6.58 Å². The summed E-state index contributed by atoms with van der Waals surface area (Å²) in [6.45, 7) is 5.59. The maximum atomic E-state index is 11.2. The highest BCUT2D eigenvalue weighted by Gasteiger charge is 2.10. The van der Waals surface area contributed by atoms with E-state index in [-0.39, 0.29) is 6.61 Å². The van der Waals surface area contributed by atoms with Crippen molar-refractivity contribution in [2.75, 3.05) is 13.7 Å². The number of methoxy groups -OCH3 is 1. The Kier molecular flexibility index (Phi) is 5.07. The molecule has 0 N–H and O–H groups in total. The predicted molar refractivity (Wildman–Crippen MR) is 64.5 cm³/mol. The summed E-state index contributed by atoms with van der Waals surface area (Å²) in [5.41, 5.74) is 1.11. The SMILES string of the molecule is C=CCOC(=O)Oc1ccc(CC)cc1OC. The second kappa shape index (κ2) is 6.58. The highest BCUT2D eigenvalue weighted by atomic mass is 16.7. The molecule has 0 atom stereocenters. The van der Waals surface area contributed by atoms with E-state index >= 15 is 0 Å². The first-order valence-electron chi connectivity index (χ1n) is 5.33. The van der Waals surface area contributed by atoms with Crippen molar-refractivity contribution in [2.45, 2.75) is 13.3 Å². The van der Waals surface area contributed by atoms with Gasteiger partial charge in [0.2, 0.25) is 0 Å². The van der Waals surface area contributed by atoms with E-state index < -0.39 is 6.16 Å². The fourth-order valence-corrected chi connectivity index (χ4v) is 1.26. The molecule has 4 heteroatoms. The lowest BCUT2D eigenvalue weighted by Crippen LogP contribution is -2.11. The molecule has 1 aromatic carbocycles. The number of aryl methyl sites for hydroxylation is 1. The molecule has 0 aliphatic rings. The van der Waals surface area contributed by atoms with Gasteiger partial charge in [-0.25, -0.2) is 4.79 Å². The van der Waals surface area contributed by atoms with Gasteiger partial charge in [-0.1, -0.05) is 25.6 Å². The van der Waals surface area contributed by atoms with E-state index in [1.54, 1.807) is 6.07 Å². The fraction of sp³-hybridized carbons (Fsp3) is 0.308. The first-order chi connectivity index (χ1) is 8.21. The highest BCUT2D eigenvalue weighted by molar-refractivity contribution is 5.65. The average molecular weight is 236 g/mol. The third-order valence-corrected chi connectivity index (χ3v) is 2.15. The molecular formula is C13H16O4. The topological polar surface area (TPSA) is 44.8 Å². The molecule has 0 fully saturated rings. The van der Waals surface area contributed by atoms with Gasteiger partial charge in [-0.3, -0.25) is 0 Å². The third kappa shape index (κ3) is 3.83. The number of ether oxygens (including phenoxy) is 3. The first-order valence-corrected chi connectivity index (χ1v) is 5.33. The van der Waals surface area contributed by atoms with Crippen molar-refractivity contribution in [3.05, 3.63) is 36.4 Å². The van der Waals surface area contributed by atoms with Gasteiger partial charge in [-0.05, 0) is 24.1 Å². The summed E-state index contributed by atoms with van der Waals surface area (Å²) >= 11 is 0. The molecule has 17 heavy (non-hydrogen) atoms. The monoisotopic (exact) mass is 236 g/mol. The second-order valence-electron chi connectivity index (χ2n) is 3.29. The Bertz CT molecular complexity index is 398. The molecule has 0 amide bonds. The van der Waals surface area contributed by atoms with E-state index in [9.17, 15) is 4.79 Å². The quantitative estimate of drug-likeness (QED) is 0.448. The van der Waals surface area contributed by atoms with E-state index in [0.29, 0.717) is 11.5 Å². The van der Waals surface area contributed by atoms with Crippen molar-refractivity contribution in [3.63, 3.8) is 0 Å². The predicted octanol–water partition coefficient (Wildman–Crippen LogP) is 2.96. The number of rotatable bonds is 5. The van der Waals surface area contributed by atoms with Crippen LogP contribution in [0, 0.1) is 0 Å². The van der Waals surface area contributed by atoms with Crippen molar-refractivity contribution in [2.24, 2.45) is 0 Å². The van der Waals surface area contributed by atoms with Gasteiger partial charge in [0.25, 0.3) is 0 Å². The third-order valence-electron chi connectivity index (χ3n) is 2.15. The number of hydrogen-bond acceptors (Lipinski definition) is 4. The maximum Gasteiger partial charge on any atom is 0.514 e. The normalized spacial score (nSPS) is 9.53. The van der Waals surface area contributed by atoms with Crippen LogP contribution in [0.15, 0.2) is 30.9 Å². The summed E-state index contributed by atoms with van der Waals surface area (Å²) in [6.07, 6.45) is 1.59. The van der Waals surface area contributed by atoms with Gasteiger partial charge in [0, 0.05) is 0 Å². The number of hydrogen-bond donors (Lipinski definition) is 0. The molecule has 0 unspecified atom stereocenters. The first kappa shape index (κ1) is 13.1. The molecule has 0 aromatic heterocycles. The van der Waals surface area contributed by atoms with Crippen molar-refractivity contribution < 1.29 is 19.0 Å². The molecule has 0 radical (unpaired) electrons. The zero-order valence-corrected chi connectivity index (χ0v) is 10.1. The molecule has 1 rings (SSSR count). The summed E-state index contributed by atoms with van der Waals surface area (Å²) in [5.74, 6) is 0.860. The lowest BCUT2D eigenvalue weighted by Gasteiger charge is -2.10. The van der Waals surface area contributed by atoms with Gasteiger partial charge in [-0.15, -0.1) is 0 Å². The lowest BCUT2D eigenvalue weighted by molar-refractivity contribution is 0.108. The van der Waals surface area contributed by atoms with Crippen LogP contribution in [-0.2, 0) is 11.2 Å². The number of carbonyl (C=O) groups excluding carboxylic acids is 1. The van der Waals surface area contributed by atoms with Crippen LogP contribution in [0.5, 0.6) is 11.5 Å². The average Bonchev–Trinajstić information content (AvgIpc) is 2.36. The van der Waals surface area contributed by atoms with E-state index in [1.165, 1.54) is 13.2 Å². The summed E-state index contributed by atoms with van der Waals surface area (Å²) < 4.78 is 14.9. The minimum absolute atomic E-state index is 0.119.